The number of halogens is 3. The van der Waals surface area contributed by atoms with E-state index in [-0.39, 0.29) is 0 Å². The highest BCUT2D eigenvalue weighted by molar-refractivity contribution is 9.13. The molecule has 17 heavy (non-hydrogen) atoms. The maximum absolute atomic E-state index is 5.76. The first-order valence-corrected chi connectivity index (χ1v) is 9.19. The average molecular weight is 447 g/mol. The standard InChI is InChI=1S/C12H15Br3OS/c13-9(11-7-10(14)12(15)17-11)5-4-8-3-1-2-6-16-8/h7-9H,1-6H2. The molecule has 1 aliphatic heterocycles. The monoisotopic (exact) mass is 444 g/mol. The van der Waals surface area contributed by atoms with Crippen LogP contribution in [-0.4, -0.2) is 12.7 Å². The number of alkyl halides is 1. The highest BCUT2D eigenvalue weighted by Gasteiger charge is 2.18. The SMILES string of the molecule is Brc1cc(C(Br)CCC2CCCCO2)sc1Br. The predicted octanol–water partition coefficient (Wildman–Crippen LogP) is 6.06. The molecule has 2 unspecified atom stereocenters. The van der Waals surface area contributed by atoms with Crippen LogP contribution in [0.5, 0.6) is 0 Å². The fourth-order valence-corrected chi connectivity index (χ4v) is 4.81. The average Bonchev–Trinajstić information content (AvgIpc) is 2.68. The third-order valence-corrected chi connectivity index (χ3v) is 7.61. The summed E-state index contributed by atoms with van der Waals surface area (Å²) in [5, 5.41) is 0. The molecular weight excluding hydrogens is 432 g/mol. The molecule has 0 bridgehead atoms. The van der Waals surface area contributed by atoms with Crippen LogP contribution >= 0.6 is 59.1 Å². The fraction of sp³-hybridized carbons (Fsp3) is 0.667. The Kier molecular flexibility index (Phi) is 6.00. The van der Waals surface area contributed by atoms with Gasteiger partial charge in [-0.3, -0.25) is 0 Å². The van der Waals surface area contributed by atoms with Crippen molar-refractivity contribution in [3.63, 3.8) is 0 Å². The van der Waals surface area contributed by atoms with Gasteiger partial charge in [-0.05, 0) is 70.0 Å². The Labute approximate surface area is 132 Å². The van der Waals surface area contributed by atoms with E-state index in [0.29, 0.717) is 10.9 Å². The van der Waals surface area contributed by atoms with Crippen LogP contribution in [0.3, 0.4) is 0 Å². The molecule has 96 valence electrons. The topological polar surface area (TPSA) is 9.23 Å². The number of hydrogen-bond donors (Lipinski definition) is 0. The Balaban J connectivity index is 1.82. The molecule has 2 rings (SSSR count). The van der Waals surface area contributed by atoms with E-state index < -0.39 is 0 Å². The van der Waals surface area contributed by atoms with Crippen molar-refractivity contribution >= 4 is 59.1 Å². The molecule has 0 aromatic carbocycles. The Bertz CT molecular complexity index is 341. The van der Waals surface area contributed by atoms with E-state index in [4.69, 9.17) is 4.74 Å². The number of rotatable bonds is 4. The summed E-state index contributed by atoms with van der Waals surface area (Å²) in [6.45, 7) is 0.952. The van der Waals surface area contributed by atoms with Crippen LogP contribution < -0.4 is 0 Å². The Hall–Kier alpha value is 1.10. The largest absolute Gasteiger partial charge is 0.378 e. The van der Waals surface area contributed by atoms with E-state index >= 15 is 0 Å². The van der Waals surface area contributed by atoms with E-state index in [1.54, 1.807) is 11.3 Å². The summed E-state index contributed by atoms with van der Waals surface area (Å²) in [4.78, 5) is 1.82. The van der Waals surface area contributed by atoms with Crippen molar-refractivity contribution < 1.29 is 4.74 Å². The summed E-state index contributed by atoms with van der Waals surface area (Å²) in [6.07, 6.45) is 6.58. The molecule has 1 aliphatic rings. The number of ether oxygens (including phenoxy) is 1. The molecular formula is C12H15Br3OS. The summed E-state index contributed by atoms with van der Waals surface area (Å²) < 4.78 is 8.08. The van der Waals surface area contributed by atoms with Crippen molar-refractivity contribution in [1.29, 1.82) is 0 Å². The zero-order valence-corrected chi connectivity index (χ0v) is 15.0. The van der Waals surface area contributed by atoms with Gasteiger partial charge in [-0.1, -0.05) is 15.9 Å². The first-order valence-electron chi connectivity index (χ1n) is 5.87. The summed E-state index contributed by atoms with van der Waals surface area (Å²) in [6, 6.07) is 2.19. The van der Waals surface area contributed by atoms with Crippen molar-refractivity contribution in [3.8, 4) is 0 Å². The second kappa shape index (κ2) is 7.04. The molecule has 0 aliphatic carbocycles. The number of thiophene rings is 1. The lowest BCUT2D eigenvalue weighted by Crippen LogP contribution is -2.19. The van der Waals surface area contributed by atoms with Gasteiger partial charge in [0.2, 0.25) is 0 Å². The van der Waals surface area contributed by atoms with Crippen molar-refractivity contribution in [3.05, 3.63) is 19.2 Å². The van der Waals surface area contributed by atoms with Crippen LogP contribution in [0.25, 0.3) is 0 Å². The van der Waals surface area contributed by atoms with Gasteiger partial charge in [0, 0.05) is 20.8 Å². The summed E-state index contributed by atoms with van der Waals surface area (Å²) in [5.74, 6) is 0. The van der Waals surface area contributed by atoms with Crippen LogP contribution in [-0.2, 0) is 4.74 Å². The molecule has 2 atom stereocenters. The highest BCUT2D eigenvalue weighted by Crippen LogP contribution is 2.40. The summed E-state index contributed by atoms with van der Waals surface area (Å²) >= 11 is 12.6. The first kappa shape index (κ1) is 14.5. The zero-order chi connectivity index (χ0) is 12.3. The quantitative estimate of drug-likeness (QED) is 0.511. The van der Waals surface area contributed by atoms with Gasteiger partial charge in [0.05, 0.1) is 9.89 Å². The van der Waals surface area contributed by atoms with Gasteiger partial charge >= 0.3 is 0 Å². The molecule has 1 aromatic heterocycles. The van der Waals surface area contributed by atoms with Crippen molar-refractivity contribution in [1.82, 2.24) is 0 Å². The fourth-order valence-electron chi connectivity index (χ4n) is 2.03. The van der Waals surface area contributed by atoms with Crippen LogP contribution in [0.15, 0.2) is 14.3 Å². The molecule has 1 aromatic rings. The van der Waals surface area contributed by atoms with Gasteiger partial charge in [0.1, 0.15) is 0 Å². The highest BCUT2D eigenvalue weighted by atomic mass is 79.9. The van der Waals surface area contributed by atoms with E-state index in [0.717, 1.165) is 23.9 Å². The smallest absolute Gasteiger partial charge is 0.0843 e. The van der Waals surface area contributed by atoms with E-state index in [1.807, 2.05) is 0 Å². The molecule has 1 nitrogen and oxygen atoms in total. The Morgan fingerprint density at radius 1 is 1.41 bits per heavy atom. The zero-order valence-electron chi connectivity index (χ0n) is 9.43. The van der Waals surface area contributed by atoms with Gasteiger partial charge in [0.15, 0.2) is 0 Å². The van der Waals surface area contributed by atoms with Gasteiger partial charge in [-0.15, -0.1) is 11.3 Å². The Morgan fingerprint density at radius 3 is 2.82 bits per heavy atom. The van der Waals surface area contributed by atoms with Crippen molar-refractivity contribution in [2.24, 2.45) is 0 Å². The van der Waals surface area contributed by atoms with Crippen LogP contribution in [0.1, 0.15) is 41.8 Å². The minimum Gasteiger partial charge on any atom is -0.378 e. The second-order valence-corrected chi connectivity index (χ2v) is 8.67. The van der Waals surface area contributed by atoms with E-state index in [2.05, 4.69) is 53.9 Å². The third kappa shape index (κ3) is 4.30. The lowest BCUT2D eigenvalue weighted by Gasteiger charge is -2.23. The normalized spacial score (nSPS) is 22.6. The molecule has 1 saturated heterocycles. The van der Waals surface area contributed by atoms with E-state index in [9.17, 15) is 0 Å². The first-order chi connectivity index (χ1) is 8.16. The van der Waals surface area contributed by atoms with Crippen LogP contribution in [0.4, 0.5) is 0 Å². The van der Waals surface area contributed by atoms with Crippen molar-refractivity contribution in [2.45, 2.75) is 43.0 Å². The number of hydrogen-bond acceptors (Lipinski definition) is 2. The molecule has 0 amide bonds. The summed E-state index contributed by atoms with van der Waals surface area (Å²) in [7, 11) is 0. The molecule has 0 radical (unpaired) electrons. The van der Waals surface area contributed by atoms with Crippen LogP contribution in [0.2, 0.25) is 0 Å². The molecule has 0 saturated carbocycles. The second-order valence-electron chi connectivity index (χ2n) is 4.30. The molecule has 0 spiro atoms. The minimum atomic E-state index is 0.445. The predicted molar refractivity (Wildman–Crippen MR) is 84.2 cm³/mol. The minimum absolute atomic E-state index is 0.445. The van der Waals surface area contributed by atoms with Crippen molar-refractivity contribution in [2.75, 3.05) is 6.61 Å². The van der Waals surface area contributed by atoms with Gasteiger partial charge in [-0.2, -0.15) is 0 Å². The molecule has 2 heterocycles. The lowest BCUT2D eigenvalue weighted by atomic mass is 10.0. The molecule has 5 heteroatoms. The molecule has 0 N–H and O–H groups in total. The summed E-state index contributed by atoms with van der Waals surface area (Å²) in [5.41, 5.74) is 0. The maximum Gasteiger partial charge on any atom is 0.0843 e. The maximum atomic E-state index is 5.76. The van der Waals surface area contributed by atoms with Crippen LogP contribution in [0, 0.1) is 0 Å². The Morgan fingerprint density at radius 2 is 2.24 bits per heavy atom. The molecule has 1 fully saturated rings. The van der Waals surface area contributed by atoms with Gasteiger partial charge < -0.3 is 4.74 Å². The van der Waals surface area contributed by atoms with Gasteiger partial charge in [-0.25, -0.2) is 0 Å². The van der Waals surface area contributed by atoms with Gasteiger partial charge in [0.25, 0.3) is 0 Å². The third-order valence-electron chi connectivity index (χ3n) is 2.99. The lowest BCUT2D eigenvalue weighted by molar-refractivity contribution is 0.0102. The van der Waals surface area contributed by atoms with E-state index in [1.165, 1.54) is 27.9 Å².